The lowest BCUT2D eigenvalue weighted by Gasteiger charge is -2.37. The molecule has 0 saturated heterocycles. The van der Waals surface area contributed by atoms with Crippen molar-refractivity contribution < 1.29 is 9.53 Å². The average molecular weight is 228 g/mol. The predicted octanol–water partition coefficient (Wildman–Crippen LogP) is 2.17. The zero-order valence-corrected chi connectivity index (χ0v) is 10.8. The molecule has 0 bridgehead atoms. The molecule has 0 spiro atoms. The maximum absolute atomic E-state index is 11.7. The number of ether oxygens (including phenoxy) is 1. The van der Waals surface area contributed by atoms with E-state index >= 15 is 0 Å². The van der Waals surface area contributed by atoms with Crippen molar-refractivity contribution in [2.24, 2.45) is 5.73 Å². The van der Waals surface area contributed by atoms with E-state index in [2.05, 4.69) is 5.32 Å². The molecule has 1 saturated carbocycles. The highest BCUT2D eigenvalue weighted by Gasteiger charge is 2.33. The lowest BCUT2D eigenvalue weighted by Crippen LogP contribution is -2.52. The summed E-state index contributed by atoms with van der Waals surface area (Å²) in [5.74, 6) is 0. The van der Waals surface area contributed by atoms with E-state index < -0.39 is 5.60 Å². The second-order valence-electron chi connectivity index (χ2n) is 6.04. The molecule has 2 unspecified atom stereocenters. The van der Waals surface area contributed by atoms with E-state index in [0.717, 1.165) is 25.7 Å². The van der Waals surface area contributed by atoms with Crippen LogP contribution in [0, 0.1) is 0 Å². The third-order valence-electron chi connectivity index (χ3n) is 2.82. The van der Waals surface area contributed by atoms with Gasteiger partial charge >= 0.3 is 6.09 Å². The van der Waals surface area contributed by atoms with Gasteiger partial charge in [0.2, 0.25) is 0 Å². The van der Waals surface area contributed by atoms with Crippen LogP contribution in [-0.4, -0.2) is 23.3 Å². The number of carbonyl (C=O) groups is 1. The molecule has 4 nitrogen and oxygen atoms in total. The van der Waals surface area contributed by atoms with Crippen LogP contribution in [0.2, 0.25) is 0 Å². The molecule has 1 fully saturated rings. The molecule has 3 N–H and O–H groups in total. The highest BCUT2D eigenvalue weighted by Crippen LogP contribution is 2.27. The van der Waals surface area contributed by atoms with Crippen LogP contribution in [0.5, 0.6) is 0 Å². The topological polar surface area (TPSA) is 64.3 Å². The van der Waals surface area contributed by atoms with Gasteiger partial charge in [-0.15, -0.1) is 0 Å². The van der Waals surface area contributed by atoms with Crippen LogP contribution in [0.1, 0.15) is 53.4 Å². The fraction of sp³-hybridized carbons (Fsp3) is 0.917. The Balaban J connectivity index is 2.49. The minimum atomic E-state index is -0.447. The van der Waals surface area contributed by atoms with Crippen molar-refractivity contribution in [3.05, 3.63) is 0 Å². The quantitative estimate of drug-likeness (QED) is 0.723. The van der Waals surface area contributed by atoms with Crippen molar-refractivity contribution in [1.82, 2.24) is 5.32 Å². The SMILES string of the molecule is CC1(NC(=O)OC(C)(C)C)CCCC(N)C1. The van der Waals surface area contributed by atoms with Crippen molar-refractivity contribution in [2.75, 3.05) is 0 Å². The van der Waals surface area contributed by atoms with Crippen LogP contribution in [0.15, 0.2) is 0 Å². The monoisotopic (exact) mass is 228 g/mol. The lowest BCUT2D eigenvalue weighted by molar-refractivity contribution is 0.0433. The Morgan fingerprint density at radius 3 is 2.62 bits per heavy atom. The van der Waals surface area contributed by atoms with E-state index in [1.807, 2.05) is 27.7 Å². The molecular formula is C12H24N2O2. The second-order valence-corrected chi connectivity index (χ2v) is 6.04. The van der Waals surface area contributed by atoms with Gasteiger partial charge in [-0.1, -0.05) is 0 Å². The number of carbonyl (C=O) groups excluding carboxylic acids is 1. The van der Waals surface area contributed by atoms with Crippen molar-refractivity contribution >= 4 is 6.09 Å². The minimum Gasteiger partial charge on any atom is -0.444 e. The van der Waals surface area contributed by atoms with Gasteiger partial charge in [0.15, 0.2) is 0 Å². The molecule has 4 heteroatoms. The van der Waals surface area contributed by atoms with Crippen LogP contribution in [0.4, 0.5) is 4.79 Å². The zero-order valence-electron chi connectivity index (χ0n) is 10.8. The molecule has 0 aromatic rings. The largest absolute Gasteiger partial charge is 0.444 e. The first-order valence-corrected chi connectivity index (χ1v) is 5.97. The van der Waals surface area contributed by atoms with Gasteiger partial charge in [-0.2, -0.15) is 0 Å². The number of hydrogen-bond acceptors (Lipinski definition) is 3. The van der Waals surface area contributed by atoms with Crippen LogP contribution in [0.25, 0.3) is 0 Å². The molecule has 1 amide bonds. The molecule has 0 aromatic heterocycles. The summed E-state index contributed by atoms with van der Waals surface area (Å²) >= 11 is 0. The van der Waals surface area contributed by atoms with Crippen molar-refractivity contribution in [3.8, 4) is 0 Å². The van der Waals surface area contributed by atoms with Crippen molar-refractivity contribution in [1.29, 1.82) is 0 Å². The molecule has 1 aliphatic carbocycles. The number of amides is 1. The van der Waals surface area contributed by atoms with Gasteiger partial charge < -0.3 is 15.8 Å². The first kappa shape index (κ1) is 13.3. The van der Waals surface area contributed by atoms with Gasteiger partial charge in [0, 0.05) is 11.6 Å². The van der Waals surface area contributed by atoms with Gasteiger partial charge in [-0.25, -0.2) is 4.79 Å². The highest BCUT2D eigenvalue weighted by atomic mass is 16.6. The van der Waals surface area contributed by atoms with E-state index in [9.17, 15) is 4.79 Å². The van der Waals surface area contributed by atoms with Gasteiger partial charge in [0.05, 0.1) is 0 Å². The Labute approximate surface area is 97.9 Å². The van der Waals surface area contributed by atoms with Crippen LogP contribution >= 0.6 is 0 Å². The second kappa shape index (κ2) is 4.62. The van der Waals surface area contributed by atoms with E-state index in [1.54, 1.807) is 0 Å². The van der Waals surface area contributed by atoms with Gasteiger partial charge in [-0.3, -0.25) is 0 Å². The molecule has 0 aliphatic heterocycles. The molecule has 16 heavy (non-hydrogen) atoms. The number of nitrogens with two attached hydrogens (primary N) is 1. The van der Waals surface area contributed by atoms with Crippen molar-refractivity contribution in [2.45, 2.75) is 70.6 Å². The number of rotatable bonds is 1. The summed E-state index contributed by atoms with van der Waals surface area (Å²) in [4.78, 5) is 11.7. The minimum absolute atomic E-state index is 0.189. The number of nitrogens with one attached hydrogen (secondary N) is 1. The fourth-order valence-electron chi connectivity index (χ4n) is 2.20. The Morgan fingerprint density at radius 1 is 1.50 bits per heavy atom. The summed E-state index contributed by atoms with van der Waals surface area (Å²) in [6.45, 7) is 7.63. The number of alkyl carbamates (subject to hydrolysis) is 1. The van der Waals surface area contributed by atoms with Crippen LogP contribution in [0.3, 0.4) is 0 Å². The summed E-state index contributed by atoms with van der Waals surface area (Å²) in [5, 5.41) is 2.94. The van der Waals surface area contributed by atoms with E-state index in [-0.39, 0.29) is 17.7 Å². The zero-order chi connectivity index (χ0) is 12.4. The first-order valence-electron chi connectivity index (χ1n) is 5.97. The average Bonchev–Trinajstić information content (AvgIpc) is 1.96. The molecule has 0 heterocycles. The van der Waals surface area contributed by atoms with Crippen molar-refractivity contribution in [3.63, 3.8) is 0 Å². The fourth-order valence-corrected chi connectivity index (χ4v) is 2.20. The lowest BCUT2D eigenvalue weighted by atomic mass is 9.81. The first-order chi connectivity index (χ1) is 7.20. The molecule has 1 aliphatic rings. The van der Waals surface area contributed by atoms with Crippen LogP contribution in [-0.2, 0) is 4.74 Å². The smallest absolute Gasteiger partial charge is 0.408 e. The third-order valence-corrected chi connectivity index (χ3v) is 2.82. The molecular weight excluding hydrogens is 204 g/mol. The van der Waals surface area contributed by atoms with E-state index in [0.29, 0.717) is 0 Å². The van der Waals surface area contributed by atoms with Gasteiger partial charge in [0.1, 0.15) is 5.60 Å². The highest BCUT2D eigenvalue weighted by molar-refractivity contribution is 5.68. The Morgan fingerprint density at radius 2 is 2.12 bits per heavy atom. The molecule has 0 aromatic carbocycles. The maximum atomic E-state index is 11.7. The molecule has 2 atom stereocenters. The van der Waals surface area contributed by atoms with Gasteiger partial charge in [0.25, 0.3) is 0 Å². The Hall–Kier alpha value is -0.770. The van der Waals surface area contributed by atoms with Crippen LogP contribution < -0.4 is 11.1 Å². The molecule has 94 valence electrons. The summed E-state index contributed by atoms with van der Waals surface area (Å²) in [7, 11) is 0. The molecule has 1 rings (SSSR count). The predicted molar refractivity (Wildman–Crippen MR) is 64.2 cm³/mol. The maximum Gasteiger partial charge on any atom is 0.408 e. The summed E-state index contributed by atoms with van der Waals surface area (Å²) in [5.41, 5.74) is 5.27. The van der Waals surface area contributed by atoms with E-state index in [4.69, 9.17) is 10.5 Å². The third kappa shape index (κ3) is 4.39. The van der Waals surface area contributed by atoms with E-state index in [1.165, 1.54) is 0 Å². The Bertz CT molecular complexity index is 260. The standard InChI is InChI=1S/C12H24N2O2/c1-11(2,3)16-10(15)14-12(4)7-5-6-9(13)8-12/h9H,5-8,13H2,1-4H3,(H,14,15). The summed E-state index contributed by atoms with van der Waals surface area (Å²) in [6.07, 6.45) is 3.56. The normalized spacial score (nSPS) is 30.9. The van der Waals surface area contributed by atoms with Gasteiger partial charge in [-0.05, 0) is 53.4 Å². The number of hydrogen-bond donors (Lipinski definition) is 2. The summed E-state index contributed by atoms with van der Waals surface area (Å²) < 4.78 is 5.25. The summed E-state index contributed by atoms with van der Waals surface area (Å²) in [6, 6.07) is 0.189. The Kier molecular flexibility index (Phi) is 3.84. The molecule has 0 radical (unpaired) electrons.